The van der Waals surface area contributed by atoms with Crippen LogP contribution in [0.1, 0.15) is 42.7 Å². The van der Waals surface area contributed by atoms with E-state index in [-0.39, 0.29) is 17.9 Å². The third-order valence-electron chi connectivity index (χ3n) is 6.16. The Morgan fingerprint density at radius 1 is 1.32 bits per heavy atom. The molecule has 0 N–H and O–H groups in total. The molecule has 2 aromatic heterocycles. The summed E-state index contributed by atoms with van der Waals surface area (Å²) in [7, 11) is 1.91. The van der Waals surface area contributed by atoms with Gasteiger partial charge in [-0.1, -0.05) is 5.16 Å². The Morgan fingerprint density at radius 2 is 2.18 bits per heavy atom. The van der Waals surface area contributed by atoms with Crippen LogP contribution in [0.4, 0.5) is 0 Å². The Kier molecular flexibility index (Phi) is 5.40. The Hall–Kier alpha value is -2.71. The van der Waals surface area contributed by atoms with Crippen LogP contribution in [0, 0.1) is 11.8 Å². The number of aromatic nitrogens is 4. The van der Waals surface area contributed by atoms with Crippen molar-refractivity contribution in [2.45, 2.75) is 44.7 Å². The summed E-state index contributed by atoms with van der Waals surface area (Å²) >= 11 is 0. The molecule has 1 saturated carbocycles. The lowest BCUT2D eigenvalue weighted by Crippen LogP contribution is -2.42. The molecule has 2 aliphatic rings. The Balaban J connectivity index is 1.27. The van der Waals surface area contributed by atoms with Gasteiger partial charge in [-0.3, -0.25) is 14.3 Å². The van der Waals surface area contributed by atoms with Crippen LogP contribution in [0.5, 0.6) is 0 Å². The van der Waals surface area contributed by atoms with Crippen molar-refractivity contribution in [2.24, 2.45) is 11.8 Å². The second-order valence-corrected chi connectivity index (χ2v) is 7.83. The lowest BCUT2D eigenvalue weighted by atomic mass is 9.88. The highest BCUT2D eigenvalue weighted by molar-refractivity contribution is 5.91. The molecular formula is C19H26N6O3. The second kappa shape index (κ2) is 8.12. The number of carbonyl (C=O) groups is 2. The number of hydrogen-bond acceptors (Lipinski definition) is 6. The van der Waals surface area contributed by atoms with Crippen LogP contribution in [0.3, 0.4) is 0 Å². The molecule has 9 heteroatoms. The maximum Gasteiger partial charge on any atom is 0.292 e. The zero-order chi connectivity index (χ0) is 19.5. The summed E-state index contributed by atoms with van der Waals surface area (Å²) in [5, 5.41) is 7.69. The van der Waals surface area contributed by atoms with Crippen molar-refractivity contribution in [1.82, 2.24) is 29.7 Å². The van der Waals surface area contributed by atoms with E-state index in [0.29, 0.717) is 30.6 Å². The number of likely N-dealkylation sites (tertiary alicyclic amines) is 1. The third kappa shape index (κ3) is 3.93. The molecular weight excluding hydrogens is 360 g/mol. The first kappa shape index (κ1) is 18.6. The van der Waals surface area contributed by atoms with Crippen molar-refractivity contribution < 1.29 is 14.1 Å². The van der Waals surface area contributed by atoms with Gasteiger partial charge in [-0.15, -0.1) is 0 Å². The van der Waals surface area contributed by atoms with E-state index < -0.39 is 0 Å². The van der Waals surface area contributed by atoms with Crippen molar-refractivity contribution in [3.05, 3.63) is 30.7 Å². The van der Waals surface area contributed by atoms with E-state index in [1.165, 1.54) is 12.5 Å². The van der Waals surface area contributed by atoms with E-state index in [9.17, 15) is 9.59 Å². The number of aryl methyl sites for hydroxylation is 1. The van der Waals surface area contributed by atoms with Crippen molar-refractivity contribution in [3.8, 4) is 0 Å². The highest BCUT2D eigenvalue weighted by Gasteiger charge is 2.41. The van der Waals surface area contributed by atoms with Gasteiger partial charge in [0.05, 0.1) is 6.20 Å². The number of piperidine rings is 1. The van der Waals surface area contributed by atoms with Gasteiger partial charge < -0.3 is 14.3 Å². The normalized spacial score (nSPS) is 24.2. The molecule has 9 nitrogen and oxygen atoms in total. The average Bonchev–Trinajstić information content (AvgIpc) is 3.47. The van der Waals surface area contributed by atoms with Gasteiger partial charge in [-0.25, -0.2) is 4.98 Å². The van der Waals surface area contributed by atoms with Crippen LogP contribution in [-0.4, -0.2) is 67.7 Å². The maximum atomic E-state index is 12.6. The number of hydrogen-bond donors (Lipinski definition) is 0. The van der Waals surface area contributed by atoms with Gasteiger partial charge in [-0.05, 0) is 37.5 Å². The van der Waals surface area contributed by atoms with Gasteiger partial charge in [0.25, 0.3) is 5.91 Å². The molecule has 3 atom stereocenters. The van der Waals surface area contributed by atoms with Crippen molar-refractivity contribution in [2.75, 3.05) is 20.1 Å². The van der Waals surface area contributed by atoms with E-state index >= 15 is 0 Å². The van der Waals surface area contributed by atoms with E-state index in [0.717, 1.165) is 38.8 Å². The van der Waals surface area contributed by atoms with Crippen molar-refractivity contribution >= 4 is 11.8 Å². The third-order valence-corrected chi connectivity index (χ3v) is 6.16. The molecule has 0 unspecified atom stereocenters. The maximum absolute atomic E-state index is 12.6. The largest absolute Gasteiger partial charge is 0.351 e. The van der Waals surface area contributed by atoms with Gasteiger partial charge in [0.15, 0.2) is 0 Å². The van der Waals surface area contributed by atoms with E-state index in [4.69, 9.17) is 4.52 Å². The Bertz CT molecular complexity index is 791. The zero-order valence-corrected chi connectivity index (χ0v) is 16.1. The summed E-state index contributed by atoms with van der Waals surface area (Å²) in [6.45, 7) is 2.17. The molecule has 0 radical (unpaired) electrons. The predicted molar refractivity (Wildman–Crippen MR) is 99.1 cm³/mol. The zero-order valence-electron chi connectivity index (χ0n) is 16.1. The standard InChI is InChI=1S/C19H26N6O3/c1-23(18(26)3-2-7-25-13-20-12-21-25)16-9-14-5-8-24(11-15(14)10-16)19(27)17-4-6-22-28-17/h4,6,12-16H,2-3,5,7-11H2,1H3/t14-,15-,16+/m1/s1. The number of fused-ring (bicyclic) bond motifs is 1. The van der Waals surface area contributed by atoms with Crippen molar-refractivity contribution in [3.63, 3.8) is 0 Å². The minimum atomic E-state index is -0.0862. The summed E-state index contributed by atoms with van der Waals surface area (Å²) in [6.07, 6.45) is 8.90. The fourth-order valence-corrected chi connectivity index (χ4v) is 4.56. The van der Waals surface area contributed by atoms with Gasteiger partial charge in [0.1, 0.15) is 12.7 Å². The van der Waals surface area contributed by atoms with Crippen LogP contribution in [0.2, 0.25) is 0 Å². The summed E-state index contributed by atoms with van der Waals surface area (Å²) in [5.74, 6) is 1.41. The topological polar surface area (TPSA) is 97.4 Å². The van der Waals surface area contributed by atoms with E-state index in [2.05, 4.69) is 15.2 Å². The lowest BCUT2D eigenvalue weighted by molar-refractivity contribution is -0.132. The molecule has 3 heterocycles. The van der Waals surface area contributed by atoms with Gasteiger partial charge in [-0.2, -0.15) is 5.10 Å². The molecule has 1 aliphatic carbocycles. The number of amides is 2. The number of nitrogens with zero attached hydrogens (tertiary/aromatic N) is 6. The summed E-state index contributed by atoms with van der Waals surface area (Å²) < 4.78 is 6.76. The quantitative estimate of drug-likeness (QED) is 0.745. The lowest BCUT2D eigenvalue weighted by Gasteiger charge is -2.34. The average molecular weight is 386 g/mol. The monoisotopic (exact) mass is 386 g/mol. The molecule has 150 valence electrons. The number of rotatable bonds is 6. The molecule has 2 aromatic rings. The first-order chi connectivity index (χ1) is 13.6. The second-order valence-electron chi connectivity index (χ2n) is 7.83. The molecule has 4 rings (SSSR count). The Morgan fingerprint density at radius 3 is 2.93 bits per heavy atom. The fourth-order valence-electron chi connectivity index (χ4n) is 4.56. The summed E-state index contributed by atoms with van der Waals surface area (Å²) in [5.41, 5.74) is 0. The van der Waals surface area contributed by atoms with Crippen LogP contribution in [0.15, 0.2) is 29.4 Å². The molecule has 2 amide bonds. The molecule has 0 bridgehead atoms. The minimum Gasteiger partial charge on any atom is -0.351 e. The van der Waals surface area contributed by atoms with E-state index in [1.807, 2.05) is 16.8 Å². The predicted octanol–water partition coefficient (Wildman–Crippen LogP) is 1.45. The van der Waals surface area contributed by atoms with Crippen LogP contribution in [0.25, 0.3) is 0 Å². The Labute approximate surface area is 163 Å². The fraction of sp³-hybridized carbons (Fsp3) is 0.632. The van der Waals surface area contributed by atoms with Crippen LogP contribution < -0.4 is 0 Å². The van der Waals surface area contributed by atoms with Gasteiger partial charge in [0.2, 0.25) is 11.7 Å². The summed E-state index contributed by atoms with van der Waals surface area (Å²) in [4.78, 5) is 32.8. The SMILES string of the molecule is CN(C(=O)CCCn1cncn1)[C@H]1C[C@H]2CCN(C(=O)c3ccno3)C[C@H]2C1. The van der Waals surface area contributed by atoms with Gasteiger partial charge >= 0.3 is 0 Å². The number of carbonyl (C=O) groups excluding carboxylic acids is 2. The van der Waals surface area contributed by atoms with Crippen LogP contribution >= 0.6 is 0 Å². The first-order valence-electron chi connectivity index (χ1n) is 9.90. The minimum absolute atomic E-state index is 0.0862. The molecule has 2 fully saturated rings. The van der Waals surface area contributed by atoms with Crippen LogP contribution in [-0.2, 0) is 11.3 Å². The van der Waals surface area contributed by atoms with Gasteiger partial charge in [0, 0.05) is 45.2 Å². The molecule has 28 heavy (non-hydrogen) atoms. The smallest absolute Gasteiger partial charge is 0.292 e. The molecule has 1 aliphatic heterocycles. The highest BCUT2D eigenvalue weighted by Crippen LogP contribution is 2.40. The summed E-state index contributed by atoms with van der Waals surface area (Å²) in [6, 6.07) is 1.87. The molecule has 0 aromatic carbocycles. The highest BCUT2D eigenvalue weighted by atomic mass is 16.5. The first-order valence-corrected chi connectivity index (χ1v) is 9.90. The van der Waals surface area contributed by atoms with Crippen molar-refractivity contribution in [1.29, 1.82) is 0 Å². The molecule has 1 saturated heterocycles. The van der Waals surface area contributed by atoms with E-state index in [1.54, 1.807) is 17.1 Å². The molecule has 0 spiro atoms.